The van der Waals surface area contributed by atoms with E-state index in [9.17, 15) is 14.0 Å². The van der Waals surface area contributed by atoms with E-state index in [1.807, 2.05) is 12.1 Å². The number of nitrogens with zero attached hydrogens (tertiary/aromatic N) is 2. The molecule has 33 heavy (non-hydrogen) atoms. The fourth-order valence-corrected chi connectivity index (χ4v) is 3.68. The Kier molecular flexibility index (Phi) is 5.72. The van der Waals surface area contributed by atoms with Gasteiger partial charge in [0.25, 0.3) is 5.56 Å². The number of anilines is 1. The molecule has 4 aromatic rings. The van der Waals surface area contributed by atoms with Gasteiger partial charge in [-0.1, -0.05) is 24.3 Å². The fourth-order valence-electron chi connectivity index (χ4n) is 3.68. The van der Waals surface area contributed by atoms with Gasteiger partial charge >= 0.3 is 5.91 Å². The summed E-state index contributed by atoms with van der Waals surface area (Å²) in [6, 6.07) is 17.0. The Morgan fingerprint density at radius 2 is 1.73 bits per heavy atom. The molecule has 0 aliphatic heterocycles. The Hall–Kier alpha value is -4.37. The van der Waals surface area contributed by atoms with Crippen LogP contribution in [0.1, 0.15) is 5.56 Å². The lowest BCUT2D eigenvalue weighted by molar-refractivity contribution is -0.113. The van der Waals surface area contributed by atoms with Crippen molar-refractivity contribution < 1.29 is 13.9 Å². The number of aromatic nitrogens is 1. The third-order valence-corrected chi connectivity index (χ3v) is 5.47. The molecule has 4 rings (SSSR count). The first kappa shape index (κ1) is 21.8. The molecular weight excluding hydrogens is 419 g/mol. The van der Waals surface area contributed by atoms with Crippen molar-refractivity contribution in [2.24, 2.45) is 7.05 Å². The zero-order valence-corrected chi connectivity index (χ0v) is 18.4. The van der Waals surface area contributed by atoms with Gasteiger partial charge in [-0.2, -0.15) is 0 Å². The number of carbonyl (C=O) groups excluding carboxylic acids is 1. The molecule has 0 fully saturated rings. The molecule has 0 atom stereocenters. The largest absolute Gasteiger partial charge is 0.454 e. The van der Waals surface area contributed by atoms with Crippen LogP contribution >= 0.6 is 0 Å². The van der Waals surface area contributed by atoms with Crippen molar-refractivity contribution in [3.63, 3.8) is 0 Å². The minimum absolute atomic E-state index is 0.0665. The molecule has 0 saturated heterocycles. The first-order valence-corrected chi connectivity index (χ1v) is 10.2. The summed E-state index contributed by atoms with van der Waals surface area (Å²) in [6.07, 6.45) is 6.99. The van der Waals surface area contributed by atoms with Crippen LogP contribution in [0.3, 0.4) is 0 Å². The number of carbonyl (C=O) groups is 1. The van der Waals surface area contributed by atoms with Crippen molar-refractivity contribution in [2.75, 3.05) is 11.9 Å². The normalized spacial score (nSPS) is 10.6. The number of hydrogen-bond acceptors (Lipinski definition) is 3. The van der Waals surface area contributed by atoms with Gasteiger partial charge in [-0.3, -0.25) is 9.59 Å². The van der Waals surface area contributed by atoms with Crippen molar-refractivity contribution in [1.29, 1.82) is 0 Å². The van der Waals surface area contributed by atoms with Crippen LogP contribution < -0.4 is 15.2 Å². The number of rotatable bonds is 4. The molecule has 5 nitrogen and oxygen atoms in total. The summed E-state index contributed by atoms with van der Waals surface area (Å²) in [6.45, 7) is 1.79. The van der Waals surface area contributed by atoms with Crippen LogP contribution in [0.4, 0.5) is 10.1 Å². The number of halogens is 1. The Labute approximate surface area is 190 Å². The lowest BCUT2D eigenvalue weighted by Crippen LogP contribution is -2.24. The van der Waals surface area contributed by atoms with Crippen LogP contribution in [-0.2, 0) is 11.8 Å². The average Bonchev–Trinajstić information content (AvgIpc) is 2.82. The molecule has 6 heteroatoms. The second kappa shape index (κ2) is 8.64. The van der Waals surface area contributed by atoms with Crippen LogP contribution in [0.15, 0.2) is 71.7 Å². The lowest BCUT2D eigenvalue weighted by Gasteiger charge is -2.19. The third-order valence-electron chi connectivity index (χ3n) is 5.47. The van der Waals surface area contributed by atoms with E-state index >= 15 is 0 Å². The Morgan fingerprint density at radius 1 is 1.03 bits per heavy atom. The average molecular weight is 440 g/mol. The SMILES string of the molecule is C#CC(=O)N(C)c1ccc(Oc2ccc(C)cc2F)c(-c2cn(C)c(=O)c3ccccc23)c1. The number of aryl methyl sites for hydroxylation is 2. The van der Waals surface area contributed by atoms with Crippen LogP contribution in [0, 0.1) is 25.1 Å². The molecule has 1 heterocycles. The third kappa shape index (κ3) is 4.09. The second-order valence-electron chi connectivity index (χ2n) is 7.73. The van der Waals surface area contributed by atoms with Gasteiger partial charge in [-0.05, 0) is 60.2 Å². The standard InChI is InChI=1S/C27H21FN2O3/c1-5-26(31)30(4)18-11-13-24(33-25-12-10-17(2)14-23(25)28)21(15-18)22-16-29(3)27(32)20-9-7-6-8-19(20)22/h1,6-16H,2-4H3. The van der Waals surface area contributed by atoms with Crippen molar-refractivity contribution >= 4 is 22.4 Å². The van der Waals surface area contributed by atoms with Gasteiger partial charge < -0.3 is 14.2 Å². The Morgan fingerprint density at radius 3 is 2.42 bits per heavy atom. The number of pyridine rings is 1. The summed E-state index contributed by atoms with van der Waals surface area (Å²) < 4.78 is 22.0. The highest BCUT2D eigenvalue weighted by atomic mass is 19.1. The number of hydrogen-bond donors (Lipinski definition) is 0. The van der Waals surface area contributed by atoms with Gasteiger partial charge in [0.1, 0.15) is 5.75 Å². The van der Waals surface area contributed by atoms with Crippen LogP contribution in [0.2, 0.25) is 0 Å². The van der Waals surface area contributed by atoms with Gasteiger partial charge in [-0.25, -0.2) is 4.39 Å². The highest BCUT2D eigenvalue weighted by molar-refractivity contribution is 6.06. The fraction of sp³-hybridized carbons (Fsp3) is 0.111. The molecule has 0 aliphatic rings. The van der Waals surface area contributed by atoms with Crippen molar-refractivity contribution in [1.82, 2.24) is 4.57 Å². The summed E-state index contributed by atoms with van der Waals surface area (Å²) in [5.41, 5.74) is 2.43. The van der Waals surface area contributed by atoms with E-state index in [0.29, 0.717) is 33.3 Å². The second-order valence-corrected chi connectivity index (χ2v) is 7.73. The summed E-state index contributed by atoms with van der Waals surface area (Å²) >= 11 is 0. The molecule has 164 valence electrons. The smallest absolute Gasteiger partial charge is 0.302 e. The van der Waals surface area contributed by atoms with Crippen LogP contribution in [0.25, 0.3) is 21.9 Å². The lowest BCUT2D eigenvalue weighted by atomic mass is 9.99. The molecule has 0 unspecified atom stereocenters. The molecule has 0 saturated carbocycles. The molecule has 0 radical (unpaired) electrons. The number of benzene rings is 3. The maximum absolute atomic E-state index is 14.6. The molecule has 1 amide bonds. The summed E-state index contributed by atoms with van der Waals surface area (Å²) in [5, 5.41) is 1.24. The minimum Gasteiger partial charge on any atom is -0.454 e. The minimum atomic E-state index is -0.510. The maximum Gasteiger partial charge on any atom is 0.302 e. The molecule has 0 spiro atoms. The quantitative estimate of drug-likeness (QED) is 0.418. The van der Waals surface area contributed by atoms with E-state index in [1.165, 1.54) is 15.5 Å². The summed E-state index contributed by atoms with van der Waals surface area (Å²) in [5.74, 6) is 1.53. The topological polar surface area (TPSA) is 51.5 Å². The first-order chi connectivity index (χ1) is 15.8. The van der Waals surface area contributed by atoms with Gasteiger partial charge in [0.15, 0.2) is 11.6 Å². The highest BCUT2D eigenvalue weighted by Gasteiger charge is 2.18. The maximum atomic E-state index is 14.6. The molecule has 0 aliphatic carbocycles. The van der Waals surface area contributed by atoms with E-state index < -0.39 is 11.7 Å². The molecular formula is C27H21FN2O3. The van der Waals surface area contributed by atoms with Crippen molar-refractivity contribution in [3.8, 4) is 35.0 Å². The Bertz CT molecular complexity index is 1500. The predicted molar refractivity (Wildman–Crippen MR) is 128 cm³/mol. The summed E-state index contributed by atoms with van der Waals surface area (Å²) in [4.78, 5) is 26.1. The Balaban J connectivity index is 1.98. The molecule has 1 aromatic heterocycles. The van der Waals surface area contributed by atoms with Crippen LogP contribution in [-0.4, -0.2) is 17.5 Å². The zero-order valence-electron chi connectivity index (χ0n) is 18.4. The van der Waals surface area contributed by atoms with E-state index in [-0.39, 0.29) is 11.3 Å². The zero-order chi connectivity index (χ0) is 23.7. The van der Waals surface area contributed by atoms with Gasteiger partial charge in [0, 0.05) is 42.5 Å². The van der Waals surface area contributed by atoms with Gasteiger partial charge in [-0.15, -0.1) is 6.42 Å². The van der Waals surface area contributed by atoms with Crippen molar-refractivity contribution in [3.05, 3.63) is 88.6 Å². The molecule has 3 aromatic carbocycles. The van der Waals surface area contributed by atoms with Gasteiger partial charge in [0.05, 0.1) is 0 Å². The van der Waals surface area contributed by atoms with E-state index in [1.54, 1.807) is 69.7 Å². The molecule has 0 N–H and O–H groups in total. The number of terminal acetylenes is 1. The number of amides is 1. The molecule has 0 bridgehead atoms. The number of ether oxygens (including phenoxy) is 1. The monoisotopic (exact) mass is 440 g/mol. The van der Waals surface area contributed by atoms with E-state index in [0.717, 1.165) is 5.56 Å². The van der Waals surface area contributed by atoms with Gasteiger partial charge in [0.2, 0.25) is 0 Å². The highest BCUT2D eigenvalue weighted by Crippen LogP contribution is 2.39. The van der Waals surface area contributed by atoms with Crippen molar-refractivity contribution in [2.45, 2.75) is 6.92 Å². The first-order valence-electron chi connectivity index (χ1n) is 10.2. The summed E-state index contributed by atoms with van der Waals surface area (Å²) in [7, 11) is 3.23. The van der Waals surface area contributed by atoms with E-state index in [2.05, 4.69) is 5.92 Å². The number of fused-ring (bicyclic) bond motifs is 1. The van der Waals surface area contributed by atoms with Crippen LogP contribution in [0.5, 0.6) is 11.5 Å². The van der Waals surface area contributed by atoms with E-state index in [4.69, 9.17) is 11.2 Å². The predicted octanol–water partition coefficient (Wildman–Crippen LogP) is 5.04.